The molecule has 2 aliphatic rings. The maximum Gasteiger partial charge on any atom is 0.341 e. The summed E-state index contributed by atoms with van der Waals surface area (Å²) in [5, 5.41) is 12.7. The number of benzene rings is 1. The maximum absolute atomic E-state index is 15.5. The molecule has 4 N–H and O–H groups in total. The highest BCUT2D eigenvalue weighted by molar-refractivity contribution is 6.03. The normalized spacial score (nSPS) is 22.1. The zero-order chi connectivity index (χ0) is 21.0. The topological polar surface area (TPSA) is 110 Å². The molecule has 2 atom stereocenters. The lowest BCUT2D eigenvalue weighted by molar-refractivity contribution is 0.0695. The van der Waals surface area contributed by atoms with Crippen molar-refractivity contribution in [2.75, 3.05) is 30.8 Å². The molecule has 0 amide bonds. The van der Waals surface area contributed by atoms with E-state index in [1.54, 1.807) is 4.57 Å². The van der Waals surface area contributed by atoms with Crippen LogP contribution in [0.25, 0.3) is 10.9 Å². The van der Waals surface area contributed by atoms with Gasteiger partial charge in [-0.15, -0.1) is 0 Å². The highest BCUT2D eigenvalue weighted by Crippen LogP contribution is 2.46. The SMILES string of the molecule is COc1c(N2CC(C)NC(C)C2)c(F)c(N)c2c(=O)c(C(=O)O)cn(C3CC3)c12. The molecule has 2 unspecified atom stereocenters. The first-order valence-electron chi connectivity index (χ1n) is 9.72. The number of nitrogens with one attached hydrogen (secondary N) is 1. The minimum Gasteiger partial charge on any atom is -0.492 e. The molecule has 156 valence electrons. The Balaban J connectivity index is 2.08. The van der Waals surface area contributed by atoms with Gasteiger partial charge in [-0.1, -0.05) is 0 Å². The number of rotatable bonds is 4. The van der Waals surface area contributed by atoms with Gasteiger partial charge in [-0.3, -0.25) is 4.79 Å². The van der Waals surface area contributed by atoms with E-state index in [9.17, 15) is 14.7 Å². The first-order valence-corrected chi connectivity index (χ1v) is 9.72. The molecule has 1 aliphatic heterocycles. The predicted molar refractivity (Wildman–Crippen MR) is 109 cm³/mol. The predicted octanol–water partition coefficient (Wildman–Crippen LogP) is 1.95. The third-order valence-electron chi connectivity index (χ3n) is 5.63. The van der Waals surface area contributed by atoms with Crippen LogP contribution in [0, 0.1) is 5.82 Å². The van der Waals surface area contributed by atoms with E-state index in [0.717, 1.165) is 12.8 Å². The minimum atomic E-state index is -1.36. The number of ether oxygens (including phenoxy) is 1. The van der Waals surface area contributed by atoms with Gasteiger partial charge < -0.3 is 30.4 Å². The summed E-state index contributed by atoms with van der Waals surface area (Å²) < 4.78 is 22.9. The Bertz CT molecular complexity index is 1050. The second-order valence-electron chi connectivity index (χ2n) is 8.02. The van der Waals surface area contributed by atoms with Crippen molar-refractivity contribution in [1.29, 1.82) is 0 Å². The Morgan fingerprint density at radius 2 is 1.93 bits per heavy atom. The van der Waals surface area contributed by atoms with Gasteiger partial charge in [0.1, 0.15) is 11.3 Å². The summed E-state index contributed by atoms with van der Waals surface area (Å²) in [5.74, 6) is -1.90. The van der Waals surface area contributed by atoms with E-state index >= 15 is 4.39 Å². The molecule has 1 saturated heterocycles. The van der Waals surface area contributed by atoms with E-state index in [0.29, 0.717) is 18.6 Å². The number of carboxylic acid groups (broad SMARTS) is 1. The van der Waals surface area contributed by atoms with Crippen LogP contribution in [0.1, 0.15) is 43.1 Å². The molecule has 9 heteroatoms. The maximum atomic E-state index is 15.5. The number of halogens is 1. The van der Waals surface area contributed by atoms with E-state index in [4.69, 9.17) is 10.5 Å². The monoisotopic (exact) mass is 404 g/mol. The number of hydrogen-bond donors (Lipinski definition) is 3. The van der Waals surface area contributed by atoms with E-state index in [1.165, 1.54) is 13.3 Å². The summed E-state index contributed by atoms with van der Waals surface area (Å²) >= 11 is 0. The Hall–Kier alpha value is -2.81. The Labute approximate surface area is 167 Å². The smallest absolute Gasteiger partial charge is 0.341 e. The molecule has 2 aromatic rings. The number of fused-ring (bicyclic) bond motifs is 1. The number of nitrogens with two attached hydrogens (primary N) is 1. The Kier molecular flexibility index (Phi) is 4.65. The summed E-state index contributed by atoms with van der Waals surface area (Å²) in [4.78, 5) is 26.4. The minimum absolute atomic E-state index is 0.0312. The Morgan fingerprint density at radius 3 is 2.45 bits per heavy atom. The molecule has 1 saturated carbocycles. The van der Waals surface area contributed by atoms with Crippen LogP contribution in [0.15, 0.2) is 11.0 Å². The first-order chi connectivity index (χ1) is 13.7. The van der Waals surface area contributed by atoms with Gasteiger partial charge in [0, 0.05) is 37.4 Å². The number of hydrogen-bond acceptors (Lipinski definition) is 6. The molecule has 2 fully saturated rings. The van der Waals surface area contributed by atoms with Crippen molar-refractivity contribution < 1.29 is 19.0 Å². The zero-order valence-electron chi connectivity index (χ0n) is 16.7. The van der Waals surface area contributed by atoms with Crippen molar-refractivity contribution in [3.8, 4) is 5.75 Å². The van der Waals surface area contributed by atoms with Crippen molar-refractivity contribution in [3.63, 3.8) is 0 Å². The third-order valence-corrected chi connectivity index (χ3v) is 5.63. The second kappa shape index (κ2) is 6.91. The van der Waals surface area contributed by atoms with Gasteiger partial charge in [0.2, 0.25) is 5.43 Å². The van der Waals surface area contributed by atoms with Crippen molar-refractivity contribution in [3.05, 3.63) is 27.8 Å². The van der Waals surface area contributed by atoms with Crippen LogP contribution in [-0.2, 0) is 0 Å². The van der Waals surface area contributed by atoms with Gasteiger partial charge in [-0.2, -0.15) is 0 Å². The molecular formula is C20H25FN4O4. The van der Waals surface area contributed by atoms with Gasteiger partial charge in [0.05, 0.1) is 23.7 Å². The standard InChI is InChI=1S/C20H25FN4O4/c1-9-6-24(7-10(2)23-9)17-14(21)15(22)13-16(19(17)29-3)25(11-4-5-11)8-12(18(13)26)20(27)28/h8-11,23H,4-7,22H2,1-3H3,(H,27,28). The van der Waals surface area contributed by atoms with Gasteiger partial charge in [-0.25, -0.2) is 9.18 Å². The fourth-order valence-electron chi connectivity index (χ4n) is 4.34. The number of methoxy groups -OCH3 is 1. The molecule has 1 aliphatic carbocycles. The number of nitrogens with zero attached hydrogens (tertiary/aromatic N) is 2. The average molecular weight is 404 g/mol. The van der Waals surface area contributed by atoms with E-state index in [-0.39, 0.29) is 40.6 Å². The van der Waals surface area contributed by atoms with E-state index < -0.39 is 22.8 Å². The van der Waals surface area contributed by atoms with Crippen LogP contribution >= 0.6 is 0 Å². The number of aromatic carboxylic acids is 1. The van der Waals surface area contributed by atoms with Crippen LogP contribution in [0.4, 0.5) is 15.8 Å². The molecule has 0 bridgehead atoms. The van der Waals surface area contributed by atoms with E-state index in [1.807, 2.05) is 18.7 Å². The molecule has 1 aromatic carbocycles. The molecule has 2 heterocycles. The largest absolute Gasteiger partial charge is 0.492 e. The lowest BCUT2D eigenvalue weighted by atomic mass is 10.0. The summed E-state index contributed by atoms with van der Waals surface area (Å²) in [7, 11) is 1.43. The molecular weight excluding hydrogens is 379 g/mol. The van der Waals surface area contributed by atoms with E-state index in [2.05, 4.69) is 5.32 Å². The highest BCUT2D eigenvalue weighted by Gasteiger charge is 2.34. The Morgan fingerprint density at radius 1 is 1.31 bits per heavy atom. The van der Waals surface area contributed by atoms with Crippen molar-refractivity contribution in [1.82, 2.24) is 9.88 Å². The lowest BCUT2D eigenvalue weighted by Crippen LogP contribution is -2.54. The van der Waals surface area contributed by atoms with Gasteiger partial charge in [-0.05, 0) is 26.7 Å². The van der Waals surface area contributed by atoms with Crippen LogP contribution in [0.3, 0.4) is 0 Å². The zero-order valence-corrected chi connectivity index (χ0v) is 16.7. The molecule has 0 spiro atoms. The summed E-state index contributed by atoms with van der Waals surface area (Å²) in [5.41, 5.74) is 5.12. The van der Waals surface area contributed by atoms with Gasteiger partial charge >= 0.3 is 5.97 Å². The fraction of sp³-hybridized carbons (Fsp3) is 0.500. The number of carboxylic acids is 1. The number of aromatic nitrogens is 1. The lowest BCUT2D eigenvalue weighted by Gasteiger charge is -2.38. The number of piperazine rings is 1. The highest BCUT2D eigenvalue weighted by atomic mass is 19.1. The quantitative estimate of drug-likeness (QED) is 0.668. The molecule has 8 nitrogen and oxygen atoms in total. The third kappa shape index (κ3) is 3.09. The molecule has 29 heavy (non-hydrogen) atoms. The first kappa shape index (κ1) is 19.5. The average Bonchev–Trinajstić information content (AvgIpc) is 3.48. The van der Waals surface area contributed by atoms with Gasteiger partial charge in [0.25, 0.3) is 0 Å². The number of carbonyl (C=O) groups is 1. The number of pyridine rings is 1. The van der Waals surface area contributed by atoms with Crippen LogP contribution in [0.5, 0.6) is 5.75 Å². The molecule has 1 aromatic heterocycles. The molecule has 0 radical (unpaired) electrons. The van der Waals surface area contributed by atoms with Crippen molar-refractivity contribution in [2.45, 2.75) is 44.8 Å². The second-order valence-corrected chi connectivity index (χ2v) is 8.02. The number of anilines is 2. The summed E-state index contributed by atoms with van der Waals surface area (Å²) in [6, 6.07) is 0.281. The number of nitrogen functional groups attached to an aromatic ring is 1. The van der Waals surface area contributed by atoms with Crippen LogP contribution < -0.4 is 26.1 Å². The summed E-state index contributed by atoms with van der Waals surface area (Å²) in [6.45, 7) is 5.11. The van der Waals surface area contributed by atoms with Crippen molar-refractivity contribution in [2.24, 2.45) is 0 Å². The fourth-order valence-corrected chi connectivity index (χ4v) is 4.34. The summed E-state index contributed by atoms with van der Waals surface area (Å²) in [6.07, 6.45) is 3.01. The van der Waals surface area contributed by atoms with Crippen molar-refractivity contribution >= 4 is 28.2 Å². The molecule has 4 rings (SSSR count). The van der Waals surface area contributed by atoms with Crippen LogP contribution in [0.2, 0.25) is 0 Å². The van der Waals surface area contributed by atoms with Crippen LogP contribution in [-0.4, -0.2) is 47.9 Å². The van der Waals surface area contributed by atoms with Gasteiger partial charge in [0.15, 0.2) is 11.6 Å².